The normalized spacial score (nSPS) is 9.61. The average molecular weight is 259 g/mol. The van der Waals surface area contributed by atoms with E-state index in [9.17, 15) is 10.1 Å². The predicted octanol–water partition coefficient (Wildman–Crippen LogP) is 2.06. The summed E-state index contributed by atoms with van der Waals surface area (Å²) in [6.07, 6.45) is 3.21. The third kappa shape index (κ3) is 2.52. The van der Waals surface area contributed by atoms with Gasteiger partial charge in [0.1, 0.15) is 5.69 Å². The van der Waals surface area contributed by atoms with Crippen LogP contribution >= 0.6 is 12.6 Å². The van der Waals surface area contributed by atoms with Crippen LogP contribution in [-0.4, -0.2) is 20.5 Å². The van der Waals surface area contributed by atoms with E-state index in [1.54, 1.807) is 30.6 Å². The van der Waals surface area contributed by atoms with Crippen molar-refractivity contribution in [2.24, 2.45) is 0 Å². The molecule has 0 aliphatic carbocycles. The van der Waals surface area contributed by atoms with Gasteiger partial charge in [-0.15, -0.1) is 0 Å². The standard InChI is InChI=1S/C12H9N3O2S/c16-15(17)12-6-2-1-5-11(12)14-9-10(8-13-14)4-3-7-18/h1-2,5-6,8-9,18H,7H2. The molecule has 0 fully saturated rings. The molecule has 0 unspecified atom stereocenters. The molecule has 0 radical (unpaired) electrons. The van der Waals surface area contributed by atoms with Gasteiger partial charge < -0.3 is 0 Å². The Labute approximate surface area is 109 Å². The summed E-state index contributed by atoms with van der Waals surface area (Å²) in [5.74, 6) is 6.10. The second kappa shape index (κ2) is 5.38. The predicted molar refractivity (Wildman–Crippen MR) is 70.9 cm³/mol. The molecule has 0 N–H and O–H groups in total. The van der Waals surface area contributed by atoms with Crippen molar-refractivity contribution in [3.63, 3.8) is 0 Å². The van der Waals surface area contributed by atoms with E-state index < -0.39 is 4.92 Å². The van der Waals surface area contributed by atoms with E-state index in [2.05, 4.69) is 29.6 Å². The molecule has 0 amide bonds. The Balaban J connectivity index is 2.43. The van der Waals surface area contributed by atoms with Gasteiger partial charge >= 0.3 is 0 Å². The average Bonchev–Trinajstić information content (AvgIpc) is 2.85. The maximum absolute atomic E-state index is 10.9. The first-order chi connectivity index (χ1) is 8.72. The second-order valence-electron chi connectivity index (χ2n) is 3.38. The zero-order valence-electron chi connectivity index (χ0n) is 9.28. The maximum atomic E-state index is 10.9. The number of rotatable bonds is 2. The molecule has 2 rings (SSSR count). The van der Waals surface area contributed by atoms with Gasteiger partial charge in [0.25, 0.3) is 5.69 Å². The number of thiol groups is 1. The van der Waals surface area contributed by atoms with Crippen LogP contribution in [0.3, 0.4) is 0 Å². The van der Waals surface area contributed by atoms with Gasteiger partial charge in [-0.1, -0.05) is 24.0 Å². The molecule has 0 bridgehead atoms. The number of nitro groups is 1. The van der Waals surface area contributed by atoms with Crippen LogP contribution in [0.2, 0.25) is 0 Å². The number of nitro benzene ring substituents is 1. The van der Waals surface area contributed by atoms with Crippen molar-refractivity contribution < 1.29 is 4.92 Å². The minimum absolute atomic E-state index is 0.00862. The van der Waals surface area contributed by atoms with Gasteiger partial charge in [0, 0.05) is 12.3 Å². The van der Waals surface area contributed by atoms with Gasteiger partial charge in [-0.3, -0.25) is 10.1 Å². The van der Waals surface area contributed by atoms with Crippen molar-refractivity contribution in [1.82, 2.24) is 9.78 Å². The van der Waals surface area contributed by atoms with Gasteiger partial charge in [-0.25, -0.2) is 4.68 Å². The van der Waals surface area contributed by atoms with E-state index in [0.717, 1.165) is 0 Å². The quantitative estimate of drug-likeness (QED) is 0.388. The summed E-state index contributed by atoms with van der Waals surface area (Å²) in [5, 5.41) is 15.0. The first-order valence-electron chi connectivity index (χ1n) is 5.10. The lowest BCUT2D eigenvalue weighted by molar-refractivity contribution is -0.384. The summed E-state index contributed by atoms with van der Waals surface area (Å²) in [5.41, 5.74) is 1.12. The molecule has 18 heavy (non-hydrogen) atoms. The smallest absolute Gasteiger partial charge is 0.258 e. The monoisotopic (exact) mass is 259 g/mol. The Kier molecular flexibility index (Phi) is 3.65. The molecule has 6 heteroatoms. The van der Waals surface area contributed by atoms with Crippen LogP contribution in [0, 0.1) is 22.0 Å². The topological polar surface area (TPSA) is 61.0 Å². The Bertz CT molecular complexity index is 640. The van der Waals surface area contributed by atoms with Crippen molar-refractivity contribution >= 4 is 18.3 Å². The molecule has 0 saturated heterocycles. The Hall–Kier alpha value is -2.26. The lowest BCUT2D eigenvalue weighted by Gasteiger charge is -2.01. The number of benzene rings is 1. The molecule has 5 nitrogen and oxygen atoms in total. The van der Waals surface area contributed by atoms with Crippen LogP contribution in [-0.2, 0) is 0 Å². The summed E-state index contributed by atoms with van der Waals surface area (Å²) in [6.45, 7) is 0. The van der Waals surface area contributed by atoms with Crippen molar-refractivity contribution in [3.8, 4) is 17.5 Å². The number of nitrogens with zero attached hydrogens (tertiary/aromatic N) is 3. The molecule has 1 heterocycles. The maximum Gasteiger partial charge on any atom is 0.294 e. The third-order valence-electron chi connectivity index (χ3n) is 2.22. The molecular formula is C12H9N3O2S. The van der Waals surface area contributed by atoms with Gasteiger partial charge in [0.2, 0.25) is 0 Å². The first kappa shape index (κ1) is 12.2. The van der Waals surface area contributed by atoms with Gasteiger partial charge in [0.15, 0.2) is 0 Å². The fraction of sp³-hybridized carbons (Fsp3) is 0.0833. The van der Waals surface area contributed by atoms with Crippen LogP contribution in [0.1, 0.15) is 5.56 Å². The lowest BCUT2D eigenvalue weighted by Crippen LogP contribution is -1.99. The number of para-hydroxylation sites is 2. The van der Waals surface area contributed by atoms with E-state index in [0.29, 0.717) is 17.0 Å². The van der Waals surface area contributed by atoms with E-state index in [-0.39, 0.29) is 5.69 Å². The van der Waals surface area contributed by atoms with Crippen molar-refractivity contribution in [2.45, 2.75) is 0 Å². The number of hydrogen-bond acceptors (Lipinski definition) is 4. The van der Waals surface area contributed by atoms with E-state index >= 15 is 0 Å². The number of aromatic nitrogens is 2. The zero-order valence-corrected chi connectivity index (χ0v) is 10.2. The summed E-state index contributed by atoms with van der Waals surface area (Å²) in [4.78, 5) is 10.5. The highest BCUT2D eigenvalue weighted by molar-refractivity contribution is 7.80. The van der Waals surface area contributed by atoms with Crippen molar-refractivity contribution in [1.29, 1.82) is 0 Å². The van der Waals surface area contributed by atoms with Gasteiger partial charge in [-0.2, -0.15) is 17.7 Å². The summed E-state index contributed by atoms with van der Waals surface area (Å²) in [6, 6.07) is 6.42. The summed E-state index contributed by atoms with van der Waals surface area (Å²) in [7, 11) is 0. The van der Waals surface area contributed by atoms with Crippen molar-refractivity contribution in [2.75, 3.05) is 5.75 Å². The zero-order chi connectivity index (χ0) is 13.0. The van der Waals surface area contributed by atoms with Crippen molar-refractivity contribution in [3.05, 3.63) is 52.3 Å². The molecule has 0 aliphatic rings. The van der Waals surface area contributed by atoms with Crippen LogP contribution < -0.4 is 0 Å². The minimum atomic E-state index is -0.434. The summed E-state index contributed by atoms with van der Waals surface area (Å²) >= 11 is 3.98. The second-order valence-corrected chi connectivity index (χ2v) is 3.70. The van der Waals surface area contributed by atoms with Crippen LogP contribution in [0.25, 0.3) is 5.69 Å². The molecule has 2 aromatic rings. The molecule has 0 aliphatic heterocycles. The molecule has 0 spiro atoms. The highest BCUT2D eigenvalue weighted by Crippen LogP contribution is 2.21. The molecular weight excluding hydrogens is 250 g/mol. The minimum Gasteiger partial charge on any atom is -0.258 e. The van der Waals surface area contributed by atoms with E-state index in [1.165, 1.54) is 10.7 Å². The summed E-state index contributed by atoms with van der Waals surface area (Å²) < 4.78 is 1.45. The molecule has 90 valence electrons. The first-order valence-corrected chi connectivity index (χ1v) is 5.74. The van der Waals surface area contributed by atoms with Gasteiger partial charge in [0.05, 0.1) is 22.4 Å². The SMILES string of the molecule is O=[N+]([O-])c1ccccc1-n1cc(C#CCS)cn1. The van der Waals surface area contributed by atoms with E-state index in [1.807, 2.05) is 0 Å². The molecule has 0 atom stereocenters. The highest BCUT2D eigenvalue weighted by Gasteiger charge is 2.14. The number of hydrogen-bond donors (Lipinski definition) is 1. The fourth-order valence-corrected chi connectivity index (χ4v) is 1.55. The highest BCUT2D eigenvalue weighted by atomic mass is 32.1. The molecule has 1 aromatic heterocycles. The Morgan fingerprint density at radius 2 is 2.22 bits per heavy atom. The van der Waals surface area contributed by atoms with Gasteiger partial charge in [-0.05, 0) is 6.07 Å². The van der Waals surface area contributed by atoms with Crippen LogP contribution in [0.4, 0.5) is 5.69 Å². The van der Waals surface area contributed by atoms with Crippen LogP contribution in [0.5, 0.6) is 0 Å². The largest absolute Gasteiger partial charge is 0.294 e. The third-order valence-corrected chi connectivity index (χ3v) is 2.38. The lowest BCUT2D eigenvalue weighted by atomic mass is 10.2. The Morgan fingerprint density at radius 3 is 2.94 bits per heavy atom. The van der Waals surface area contributed by atoms with Crippen LogP contribution in [0.15, 0.2) is 36.7 Å². The Morgan fingerprint density at radius 1 is 1.44 bits per heavy atom. The molecule has 1 aromatic carbocycles. The fourth-order valence-electron chi connectivity index (χ4n) is 1.47. The van der Waals surface area contributed by atoms with E-state index in [4.69, 9.17) is 0 Å². The molecule has 0 saturated carbocycles.